The van der Waals surface area contributed by atoms with Crippen LogP contribution < -0.4 is 16.4 Å². The molecule has 0 aromatic heterocycles. The second-order valence-corrected chi connectivity index (χ2v) is 15.2. The Kier molecular flexibility index (Phi) is 15.5. The van der Waals surface area contributed by atoms with Gasteiger partial charge in [0, 0.05) is 12.5 Å². The largest absolute Gasteiger partial charge is 0.458 e. The molecule has 0 bridgehead atoms. The molecule has 0 aliphatic carbocycles. The van der Waals surface area contributed by atoms with Gasteiger partial charge in [-0.1, -0.05) is 75.4 Å². The maximum atomic E-state index is 14.7. The van der Waals surface area contributed by atoms with Crippen LogP contribution in [0.15, 0.2) is 54.6 Å². The number of nitrogens with one attached hydrogen (secondary N) is 2. The Hall–Kier alpha value is -4.41. The van der Waals surface area contributed by atoms with Crippen LogP contribution in [0.4, 0.5) is 4.79 Å². The molecular weight excluding hydrogens is 636 g/mol. The third kappa shape index (κ3) is 14.2. The normalized spacial score (nSPS) is 14.1. The number of amides is 4. The molecule has 0 spiro atoms. The van der Waals surface area contributed by atoms with E-state index in [9.17, 15) is 24.0 Å². The molecule has 0 aliphatic heterocycles. The fourth-order valence-corrected chi connectivity index (χ4v) is 5.38. The number of primary amides is 1. The van der Waals surface area contributed by atoms with Crippen LogP contribution in [0.25, 0.3) is 0 Å². The molecule has 0 heterocycles. The van der Waals surface area contributed by atoms with Gasteiger partial charge in [0.2, 0.25) is 17.7 Å². The molecule has 0 aliphatic rings. The van der Waals surface area contributed by atoms with Gasteiger partial charge in [0.1, 0.15) is 29.3 Å². The molecule has 0 radical (unpaired) electrons. The first-order chi connectivity index (χ1) is 23.2. The Labute approximate surface area is 298 Å². The van der Waals surface area contributed by atoms with Crippen molar-refractivity contribution in [3.63, 3.8) is 0 Å². The Morgan fingerprint density at radius 1 is 0.760 bits per heavy atom. The number of alkyl carbamates (subject to hydrolysis) is 1. The van der Waals surface area contributed by atoms with Gasteiger partial charge in [-0.05, 0) is 90.3 Å². The van der Waals surface area contributed by atoms with Gasteiger partial charge in [-0.15, -0.1) is 0 Å². The Morgan fingerprint density at radius 2 is 1.34 bits per heavy atom. The van der Waals surface area contributed by atoms with Gasteiger partial charge >= 0.3 is 12.1 Å². The lowest BCUT2D eigenvalue weighted by molar-refractivity contribution is -0.159. The molecule has 4 atom stereocenters. The van der Waals surface area contributed by atoms with Crippen LogP contribution in [0.2, 0.25) is 0 Å². The monoisotopic (exact) mass is 694 g/mol. The van der Waals surface area contributed by atoms with E-state index in [1.807, 2.05) is 56.3 Å². The van der Waals surface area contributed by atoms with E-state index in [4.69, 9.17) is 15.2 Å². The third-order valence-corrected chi connectivity index (χ3v) is 7.81. The van der Waals surface area contributed by atoms with Crippen molar-refractivity contribution in [2.24, 2.45) is 11.7 Å². The number of rotatable bonds is 16. The summed E-state index contributed by atoms with van der Waals surface area (Å²) < 4.78 is 11.1. The van der Waals surface area contributed by atoms with E-state index in [0.29, 0.717) is 12.0 Å². The summed E-state index contributed by atoms with van der Waals surface area (Å²) >= 11 is 0. The van der Waals surface area contributed by atoms with E-state index < -0.39 is 71.6 Å². The average Bonchev–Trinajstić information content (AvgIpc) is 3.00. The second-order valence-electron chi connectivity index (χ2n) is 15.2. The van der Waals surface area contributed by atoms with Crippen molar-refractivity contribution in [2.45, 2.75) is 137 Å². The fraction of sp³-hybridized carbons (Fsp3) is 0.564. The van der Waals surface area contributed by atoms with Gasteiger partial charge in [-0.2, -0.15) is 0 Å². The standard InChI is InChI=1S/C39H58N4O7/c1-11-27-19-21-29(22-20-27)33(34(45)41-31(36(47)49-38(5,6)7)23-28-15-13-12-14-16-28)43(26(4)18-17-25(2)3)35(46)30(24-32(40)44)42-37(48)50-39(8,9)10/h12-16,19-22,25-26,30-31,33H,11,17-18,23-24H2,1-10H3,(H2,40,44)(H,41,45)(H,42,48). The molecule has 11 nitrogen and oxygen atoms in total. The molecule has 276 valence electrons. The van der Waals surface area contributed by atoms with Crippen molar-refractivity contribution in [3.05, 3.63) is 71.3 Å². The predicted molar refractivity (Wildman–Crippen MR) is 194 cm³/mol. The van der Waals surface area contributed by atoms with Gasteiger partial charge in [-0.25, -0.2) is 9.59 Å². The van der Waals surface area contributed by atoms with E-state index in [0.717, 1.165) is 24.0 Å². The van der Waals surface area contributed by atoms with E-state index in [-0.39, 0.29) is 12.3 Å². The summed E-state index contributed by atoms with van der Waals surface area (Å²) in [5.41, 5.74) is 6.18. The quantitative estimate of drug-likeness (QED) is 0.188. The Balaban J connectivity index is 2.74. The highest BCUT2D eigenvalue weighted by molar-refractivity contribution is 5.96. The molecule has 2 aromatic rings. The van der Waals surface area contributed by atoms with E-state index >= 15 is 0 Å². The van der Waals surface area contributed by atoms with Crippen molar-refractivity contribution >= 4 is 29.8 Å². The topological polar surface area (TPSA) is 157 Å². The summed E-state index contributed by atoms with van der Waals surface area (Å²) in [5, 5.41) is 5.44. The molecule has 11 heteroatoms. The number of carbonyl (C=O) groups excluding carboxylic acids is 5. The average molecular weight is 695 g/mol. The van der Waals surface area contributed by atoms with Crippen LogP contribution in [-0.4, -0.2) is 64.0 Å². The van der Waals surface area contributed by atoms with Gasteiger partial charge in [0.05, 0.1) is 6.42 Å². The van der Waals surface area contributed by atoms with Crippen LogP contribution in [-0.2, 0) is 41.5 Å². The van der Waals surface area contributed by atoms with E-state index in [1.165, 1.54) is 4.90 Å². The van der Waals surface area contributed by atoms with Crippen molar-refractivity contribution in [1.29, 1.82) is 0 Å². The fourth-order valence-electron chi connectivity index (χ4n) is 5.38. The maximum Gasteiger partial charge on any atom is 0.408 e. The summed E-state index contributed by atoms with van der Waals surface area (Å²) in [7, 11) is 0. The number of ether oxygens (including phenoxy) is 2. The first kappa shape index (κ1) is 41.8. The summed E-state index contributed by atoms with van der Waals surface area (Å²) in [4.78, 5) is 69.6. The smallest absolute Gasteiger partial charge is 0.408 e. The van der Waals surface area contributed by atoms with Crippen LogP contribution >= 0.6 is 0 Å². The zero-order valence-corrected chi connectivity index (χ0v) is 31.5. The lowest BCUT2D eigenvalue weighted by Crippen LogP contribution is -2.57. The predicted octanol–water partition coefficient (Wildman–Crippen LogP) is 5.78. The number of nitrogens with zero attached hydrogens (tertiary/aromatic N) is 1. The van der Waals surface area contributed by atoms with Crippen LogP contribution in [0.5, 0.6) is 0 Å². The van der Waals surface area contributed by atoms with E-state index in [2.05, 4.69) is 24.5 Å². The molecular formula is C39H58N4O7. The number of aryl methyl sites for hydroxylation is 1. The highest BCUT2D eigenvalue weighted by Crippen LogP contribution is 2.29. The number of esters is 1. The lowest BCUT2D eigenvalue weighted by Gasteiger charge is -2.39. The van der Waals surface area contributed by atoms with Crippen LogP contribution in [0.1, 0.15) is 111 Å². The summed E-state index contributed by atoms with van der Waals surface area (Å²) in [6, 6.07) is 12.2. The number of nitrogens with two attached hydrogens (primary N) is 1. The molecule has 4 unspecified atom stereocenters. The van der Waals surface area contributed by atoms with E-state index in [1.54, 1.807) is 53.7 Å². The SMILES string of the molecule is CCc1ccc(C(C(=O)NC(Cc2ccccc2)C(=O)OC(C)(C)C)N(C(=O)C(CC(N)=O)NC(=O)OC(C)(C)C)C(C)CCC(C)C)cc1. The highest BCUT2D eigenvalue weighted by atomic mass is 16.6. The maximum absolute atomic E-state index is 14.7. The Bertz CT molecular complexity index is 1430. The summed E-state index contributed by atoms with van der Waals surface area (Å²) in [6.45, 7) is 18.2. The molecule has 0 saturated heterocycles. The zero-order valence-electron chi connectivity index (χ0n) is 31.5. The van der Waals surface area contributed by atoms with Crippen molar-refractivity contribution in [2.75, 3.05) is 0 Å². The highest BCUT2D eigenvalue weighted by Gasteiger charge is 2.41. The summed E-state index contributed by atoms with van der Waals surface area (Å²) in [6.07, 6.45) is 0.696. The van der Waals surface area contributed by atoms with Gasteiger partial charge in [0.25, 0.3) is 0 Å². The number of carbonyl (C=O) groups is 5. The van der Waals surface area contributed by atoms with Gasteiger partial charge in [0.15, 0.2) is 0 Å². The lowest BCUT2D eigenvalue weighted by atomic mass is 9.95. The minimum atomic E-state index is -1.43. The molecule has 2 rings (SSSR count). The molecule has 0 fully saturated rings. The minimum Gasteiger partial charge on any atom is -0.458 e. The second kappa shape index (κ2) is 18.5. The number of hydrogen-bond donors (Lipinski definition) is 3. The zero-order chi connectivity index (χ0) is 37.8. The number of benzene rings is 2. The summed E-state index contributed by atoms with van der Waals surface area (Å²) in [5.74, 6) is -2.48. The number of hydrogen-bond acceptors (Lipinski definition) is 7. The molecule has 50 heavy (non-hydrogen) atoms. The van der Waals surface area contributed by atoms with Crippen LogP contribution in [0.3, 0.4) is 0 Å². The third-order valence-electron chi connectivity index (χ3n) is 7.81. The first-order valence-corrected chi connectivity index (χ1v) is 17.5. The van der Waals surface area contributed by atoms with Gasteiger partial charge < -0.3 is 30.7 Å². The van der Waals surface area contributed by atoms with Crippen molar-refractivity contribution in [3.8, 4) is 0 Å². The molecule has 2 aromatic carbocycles. The van der Waals surface area contributed by atoms with Crippen LogP contribution in [0, 0.1) is 5.92 Å². The Morgan fingerprint density at radius 3 is 1.84 bits per heavy atom. The molecule has 0 saturated carbocycles. The van der Waals surface area contributed by atoms with Crippen molar-refractivity contribution < 1.29 is 33.4 Å². The first-order valence-electron chi connectivity index (χ1n) is 17.5. The molecule has 4 N–H and O–H groups in total. The van der Waals surface area contributed by atoms with Gasteiger partial charge in [-0.3, -0.25) is 14.4 Å². The van der Waals surface area contributed by atoms with Crippen molar-refractivity contribution in [1.82, 2.24) is 15.5 Å². The molecule has 4 amide bonds. The minimum absolute atomic E-state index is 0.143.